The second kappa shape index (κ2) is 10.9. The Bertz CT molecular complexity index is 1510. The van der Waals surface area contributed by atoms with E-state index in [0.29, 0.717) is 40.5 Å². The van der Waals surface area contributed by atoms with Gasteiger partial charge < -0.3 is 19.5 Å². The van der Waals surface area contributed by atoms with Crippen molar-refractivity contribution in [1.82, 2.24) is 5.32 Å². The molecule has 194 valence electrons. The van der Waals surface area contributed by atoms with Gasteiger partial charge in [-0.1, -0.05) is 52.3 Å². The number of ketones is 1. The minimum atomic E-state index is -0.631. The molecule has 0 spiro atoms. The quantitative estimate of drug-likeness (QED) is 0.219. The first-order valence-electron chi connectivity index (χ1n) is 12.1. The van der Waals surface area contributed by atoms with Gasteiger partial charge in [0.2, 0.25) is 0 Å². The Morgan fingerprint density at radius 2 is 1.79 bits per heavy atom. The first-order valence-corrected chi connectivity index (χ1v) is 14.0. The standard InChI is InChI=1S/C30H25BrINO5/c1-4-37-30(35)24-16(2)33-27-20-7-5-6-8-21(20)28(34)26(27)25(24)18-13-22(32)29(23(14-18)36-3)38-15-17-9-11-19(31)12-10-17/h5-14,25,33H,4,15H2,1-3H3/t25-/m0/s1. The van der Waals surface area contributed by atoms with Crippen molar-refractivity contribution < 1.29 is 23.8 Å². The van der Waals surface area contributed by atoms with Gasteiger partial charge in [0.15, 0.2) is 17.3 Å². The van der Waals surface area contributed by atoms with Crippen molar-refractivity contribution in [1.29, 1.82) is 0 Å². The smallest absolute Gasteiger partial charge is 0.336 e. The number of esters is 1. The molecule has 5 rings (SSSR count). The van der Waals surface area contributed by atoms with Crippen LogP contribution in [0.25, 0.3) is 5.70 Å². The molecular weight excluding hydrogens is 661 g/mol. The highest BCUT2D eigenvalue weighted by Crippen LogP contribution is 2.48. The van der Waals surface area contributed by atoms with E-state index in [2.05, 4.69) is 43.8 Å². The van der Waals surface area contributed by atoms with E-state index in [-0.39, 0.29) is 12.4 Å². The summed E-state index contributed by atoms with van der Waals surface area (Å²) in [5.74, 6) is -0.0710. The van der Waals surface area contributed by atoms with Crippen LogP contribution in [0.2, 0.25) is 0 Å². The zero-order valence-corrected chi connectivity index (χ0v) is 24.8. The van der Waals surface area contributed by atoms with Crippen LogP contribution < -0.4 is 14.8 Å². The Balaban J connectivity index is 1.60. The van der Waals surface area contributed by atoms with Gasteiger partial charge in [-0.25, -0.2) is 4.79 Å². The number of halogens is 2. The average molecular weight is 686 g/mol. The molecule has 3 aromatic carbocycles. The Morgan fingerprint density at radius 3 is 2.47 bits per heavy atom. The van der Waals surface area contributed by atoms with Gasteiger partial charge in [0.05, 0.1) is 28.6 Å². The van der Waals surface area contributed by atoms with Crippen LogP contribution in [0.15, 0.2) is 82.0 Å². The number of methoxy groups -OCH3 is 1. The Labute approximate surface area is 243 Å². The van der Waals surface area contributed by atoms with Crippen LogP contribution in [-0.2, 0) is 16.1 Å². The fourth-order valence-electron chi connectivity index (χ4n) is 4.92. The minimum Gasteiger partial charge on any atom is -0.493 e. The second-order valence-corrected chi connectivity index (χ2v) is 11.0. The highest BCUT2D eigenvalue weighted by molar-refractivity contribution is 14.1. The third kappa shape index (κ3) is 4.75. The molecule has 8 heteroatoms. The first-order chi connectivity index (χ1) is 18.3. The number of carbonyl (C=O) groups excluding carboxylic acids is 2. The van der Waals surface area contributed by atoms with Crippen molar-refractivity contribution in [3.05, 3.63) is 108 Å². The summed E-state index contributed by atoms with van der Waals surface area (Å²) in [4.78, 5) is 26.9. The van der Waals surface area contributed by atoms with Crippen LogP contribution in [0.1, 0.15) is 46.8 Å². The molecule has 1 atom stereocenters. The number of nitrogens with one attached hydrogen (secondary N) is 1. The summed E-state index contributed by atoms with van der Waals surface area (Å²) in [6.07, 6.45) is 0. The molecule has 3 aromatic rings. The predicted molar refractivity (Wildman–Crippen MR) is 157 cm³/mol. The number of ether oxygens (including phenoxy) is 3. The van der Waals surface area contributed by atoms with Gasteiger partial charge in [0.1, 0.15) is 6.61 Å². The molecule has 1 aliphatic heterocycles. The van der Waals surface area contributed by atoms with Gasteiger partial charge in [-0.2, -0.15) is 0 Å². The number of Topliss-reactive ketones (excluding diaryl/α,β-unsaturated/α-hetero) is 1. The van der Waals surface area contributed by atoms with Crippen LogP contribution in [0.5, 0.6) is 11.5 Å². The van der Waals surface area contributed by atoms with E-state index in [1.165, 1.54) is 0 Å². The highest BCUT2D eigenvalue weighted by Gasteiger charge is 2.43. The van der Waals surface area contributed by atoms with Crippen LogP contribution in [0.4, 0.5) is 0 Å². The SMILES string of the molecule is CCOC(=O)C1=C(C)NC2=C(C(=O)c3ccccc32)[C@H]1c1cc(I)c(OCc2ccc(Br)cc2)c(OC)c1. The normalized spacial score (nSPS) is 16.1. The van der Waals surface area contributed by atoms with E-state index in [4.69, 9.17) is 14.2 Å². The van der Waals surface area contributed by atoms with Crippen molar-refractivity contribution in [3.63, 3.8) is 0 Å². The number of benzene rings is 3. The fraction of sp³-hybridized carbons (Fsp3) is 0.200. The molecule has 38 heavy (non-hydrogen) atoms. The summed E-state index contributed by atoms with van der Waals surface area (Å²) in [5, 5.41) is 3.33. The van der Waals surface area contributed by atoms with E-state index in [1.54, 1.807) is 14.0 Å². The van der Waals surface area contributed by atoms with E-state index < -0.39 is 11.9 Å². The molecule has 1 N–H and O–H groups in total. The van der Waals surface area contributed by atoms with Crippen molar-refractivity contribution in [2.75, 3.05) is 13.7 Å². The number of hydrogen-bond donors (Lipinski definition) is 1. The summed E-state index contributed by atoms with van der Waals surface area (Å²) in [5.41, 5.74) is 5.53. The molecule has 0 saturated heterocycles. The summed E-state index contributed by atoms with van der Waals surface area (Å²) in [7, 11) is 1.58. The molecule has 0 unspecified atom stereocenters. The van der Waals surface area contributed by atoms with Crippen molar-refractivity contribution >= 4 is 56.0 Å². The molecule has 0 radical (unpaired) electrons. The van der Waals surface area contributed by atoms with Crippen LogP contribution in [-0.4, -0.2) is 25.5 Å². The van der Waals surface area contributed by atoms with Crippen molar-refractivity contribution in [2.24, 2.45) is 0 Å². The van der Waals surface area contributed by atoms with E-state index >= 15 is 0 Å². The Morgan fingerprint density at radius 1 is 1.08 bits per heavy atom. The van der Waals surface area contributed by atoms with Gasteiger partial charge in [-0.15, -0.1) is 0 Å². The van der Waals surface area contributed by atoms with Crippen molar-refractivity contribution in [2.45, 2.75) is 26.4 Å². The van der Waals surface area contributed by atoms with Crippen LogP contribution in [0.3, 0.4) is 0 Å². The molecular formula is C30H25BrINO5. The first kappa shape index (κ1) is 26.5. The lowest BCUT2D eigenvalue weighted by Crippen LogP contribution is -2.29. The largest absolute Gasteiger partial charge is 0.493 e. The number of hydrogen-bond acceptors (Lipinski definition) is 6. The third-order valence-electron chi connectivity index (χ3n) is 6.63. The van der Waals surface area contributed by atoms with Crippen LogP contribution in [0, 0.1) is 3.57 Å². The Hall–Kier alpha value is -3.11. The molecule has 2 aliphatic rings. The summed E-state index contributed by atoms with van der Waals surface area (Å²) >= 11 is 5.66. The molecule has 0 amide bonds. The Kier molecular flexibility index (Phi) is 7.63. The number of fused-ring (bicyclic) bond motifs is 2. The molecule has 0 saturated carbocycles. The van der Waals surface area contributed by atoms with Gasteiger partial charge in [-0.3, -0.25) is 4.79 Å². The maximum absolute atomic E-state index is 13.7. The number of allylic oxidation sites excluding steroid dienone is 2. The summed E-state index contributed by atoms with van der Waals surface area (Å²) in [6, 6.07) is 19.2. The van der Waals surface area contributed by atoms with Crippen molar-refractivity contribution in [3.8, 4) is 11.5 Å². The molecule has 6 nitrogen and oxygen atoms in total. The maximum Gasteiger partial charge on any atom is 0.336 e. The summed E-state index contributed by atoms with van der Waals surface area (Å²) in [6.45, 7) is 4.20. The monoisotopic (exact) mass is 685 g/mol. The van der Waals surface area contributed by atoms with Crippen LogP contribution >= 0.6 is 38.5 Å². The molecule has 1 aliphatic carbocycles. The lowest BCUT2D eigenvalue weighted by Gasteiger charge is -2.30. The summed E-state index contributed by atoms with van der Waals surface area (Å²) < 4.78 is 19.2. The highest BCUT2D eigenvalue weighted by atomic mass is 127. The minimum absolute atomic E-state index is 0.105. The zero-order valence-electron chi connectivity index (χ0n) is 21.1. The maximum atomic E-state index is 13.7. The zero-order chi connectivity index (χ0) is 27.0. The lowest BCUT2D eigenvalue weighted by molar-refractivity contribution is -0.138. The van der Waals surface area contributed by atoms with E-state index in [1.807, 2.05) is 67.6 Å². The topological polar surface area (TPSA) is 73.9 Å². The van der Waals surface area contributed by atoms with Gasteiger partial charge in [-0.05, 0) is 71.8 Å². The molecule has 0 bridgehead atoms. The number of carbonyl (C=O) groups is 2. The van der Waals surface area contributed by atoms with E-state index in [0.717, 1.165) is 30.4 Å². The van der Waals surface area contributed by atoms with E-state index in [9.17, 15) is 9.59 Å². The number of rotatable bonds is 7. The fourth-order valence-corrected chi connectivity index (χ4v) is 5.97. The van der Waals surface area contributed by atoms with Gasteiger partial charge in [0.25, 0.3) is 0 Å². The molecule has 0 aromatic heterocycles. The third-order valence-corrected chi connectivity index (χ3v) is 7.96. The lowest BCUT2D eigenvalue weighted by atomic mass is 9.79. The molecule has 0 fully saturated rings. The average Bonchev–Trinajstić information content (AvgIpc) is 3.19. The van der Waals surface area contributed by atoms with Gasteiger partial charge in [0, 0.05) is 32.8 Å². The molecule has 1 heterocycles. The van der Waals surface area contributed by atoms with Gasteiger partial charge >= 0.3 is 5.97 Å². The second-order valence-electron chi connectivity index (χ2n) is 8.93. The predicted octanol–water partition coefficient (Wildman–Crippen LogP) is 6.77. The number of dihydropyridines is 1.